The lowest BCUT2D eigenvalue weighted by atomic mass is 9.84. The van der Waals surface area contributed by atoms with Crippen LogP contribution in [0.4, 0.5) is 5.69 Å². The summed E-state index contributed by atoms with van der Waals surface area (Å²) in [7, 11) is 0. The minimum atomic E-state index is -0.823. The van der Waals surface area contributed by atoms with Crippen LogP contribution in [0.15, 0.2) is 42.7 Å². The Bertz CT molecular complexity index is 1330. The molecule has 1 aliphatic carbocycles. The summed E-state index contributed by atoms with van der Waals surface area (Å²) in [5.41, 5.74) is 8.59. The molecular weight excluding hydrogens is 428 g/mol. The van der Waals surface area contributed by atoms with E-state index in [2.05, 4.69) is 20.6 Å². The minimum Gasteiger partial charge on any atom is -0.480 e. The van der Waals surface area contributed by atoms with Crippen molar-refractivity contribution in [2.24, 2.45) is 0 Å². The number of benzene rings is 1. The van der Waals surface area contributed by atoms with E-state index in [0.717, 1.165) is 65.7 Å². The number of carboxylic acid groups (broad SMARTS) is 1. The third kappa shape index (κ3) is 3.35. The number of aromatic nitrogens is 2. The Labute approximate surface area is 197 Å². The first-order chi connectivity index (χ1) is 16.6. The van der Waals surface area contributed by atoms with Gasteiger partial charge in [0, 0.05) is 41.0 Å². The monoisotopic (exact) mass is 454 g/mol. The number of fused-ring (bicyclic) bond motifs is 2. The zero-order chi connectivity index (χ0) is 23.2. The second-order valence-corrected chi connectivity index (χ2v) is 9.26. The number of hydrogen-bond acceptors (Lipinski definition) is 4. The fraction of sp³-hybridized carbons (Fsp3) is 0.296. The van der Waals surface area contributed by atoms with E-state index in [1.165, 1.54) is 11.3 Å². The molecule has 2 aromatic heterocycles. The lowest BCUT2D eigenvalue weighted by Gasteiger charge is -2.20. The van der Waals surface area contributed by atoms with Crippen LogP contribution >= 0.6 is 0 Å². The molecule has 6 rings (SSSR count). The number of carboxylic acids is 1. The average molecular weight is 455 g/mol. The highest BCUT2D eigenvalue weighted by molar-refractivity contribution is 6.36. The van der Waals surface area contributed by atoms with Gasteiger partial charge in [-0.3, -0.25) is 14.6 Å². The summed E-state index contributed by atoms with van der Waals surface area (Å²) in [6.07, 6.45) is 10.3. The molecule has 0 saturated carbocycles. The summed E-state index contributed by atoms with van der Waals surface area (Å²) in [6, 6.07) is 9.15. The van der Waals surface area contributed by atoms with Gasteiger partial charge in [-0.1, -0.05) is 12.1 Å². The van der Waals surface area contributed by atoms with Crippen molar-refractivity contribution in [3.05, 3.63) is 70.8 Å². The first-order valence-electron chi connectivity index (χ1n) is 11.9. The zero-order valence-corrected chi connectivity index (χ0v) is 18.7. The van der Waals surface area contributed by atoms with Gasteiger partial charge in [-0.25, -0.2) is 0 Å². The molecule has 3 aromatic rings. The molecule has 1 aromatic carbocycles. The van der Waals surface area contributed by atoms with E-state index < -0.39 is 12.0 Å². The maximum absolute atomic E-state index is 13.2. The third-order valence-corrected chi connectivity index (χ3v) is 7.33. The predicted molar refractivity (Wildman–Crippen MR) is 130 cm³/mol. The van der Waals surface area contributed by atoms with Gasteiger partial charge in [0.2, 0.25) is 0 Å². The molecule has 3 aliphatic rings. The first kappa shape index (κ1) is 20.9. The minimum absolute atomic E-state index is 0.123. The molecule has 4 N–H and O–H groups in total. The van der Waals surface area contributed by atoms with E-state index >= 15 is 0 Å². The number of carbonyl (C=O) groups is 2. The molecule has 7 heteroatoms. The average Bonchev–Trinajstić information content (AvgIpc) is 3.55. The van der Waals surface area contributed by atoms with Gasteiger partial charge in [-0.15, -0.1) is 0 Å². The lowest BCUT2D eigenvalue weighted by Crippen LogP contribution is -2.34. The smallest absolute Gasteiger partial charge is 0.321 e. The summed E-state index contributed by atoms with van der Waals surface area (Å²) in [4.78, 5) is 32.9. The van der Waals surface area contributed by atoms with Crippen molar-refractivity contribution in [2.75, 3.05) is 11.9 Å². The van der Waals surface area contributed by atoms with Crippen LogP contribution in [0.3, 0.4) is 0 Å². The number of nitrogens with one attached hydrogen (secondary N) is 3. The number of amides is 1. The second kappa shape index (κ2) is 8.25. The highest BCUT2D eigenvalue weighted by Gasteiger charge is 2.38. The topological polar surface area (TPSA) is 107 Å². The van der Waals surface area contributed by atoms with Crippen molar-refractivity contribution >= 4 is 29.2 Å². The van der Waals surface area contributed by atoms with E-state index in [0.29, 0.717) is 12.1 Å². The number of nitrogens with zero attached hydrogens (tertiary/aromatic N) is 1. The van der Waals surface area contributed by atoms with Gasteiger partial charge in [0.15, 0.2) is 0 Å². The summed E-state index contributed by atoms with van der Waals surface area (Å²) in [6.45, 7) is 0.674. The maximum Gasteiger partial charge on any atom is 0.321 e. The van der Waals surface area contributed by atoms with Crippen LogP contribution in [-0.4, -0.2) is 39.5 Å². The number of aromatic amines is 1. The third-order valence-electron chi connectivity index (χ3n) is 7.33. The Hall–Kier alpha value is -3.71. The van der Waals surface area contributed by atoms with Crippen LogP contribution in [0.2, 0.25) is 0 Å². The Morgan fingerprint density at radius 3 is 2.76 bits per heavy atom. The maximum atomic E-state index is 13.2. The van der Waals surface area contributed by atoms with E-state index in [1.807, 2.05) is 36.4 Å². The molecule has 0 bridgehead atoms. The summed E-state index contributed by atoms with van der Waals surface area (Å²) < 4.78 is 0. The van der Waals surface area contributed by atoms with Crippen LogP contribution in [-0.2, 0) is 22.4 Å². The SMILES string of the molecule is O=C1Nc2cccc(-c3ccncc3)c2C1=Cc1[nH]c2c(c1C1CCN[C@@H]1C(=O)O)CCCC2. The Morgan fingerprint density at radius 2 is 1.94 bits per heavy atom. The van der Waals surface area contributed by atoms with Crippen molar-refractivity contribution in [3.63, 3.8) is 0 Å². The number of H-pyrrole nitrogens is 1. The standard InChI is InChI=1S/C27H26N4O3/c32-26-19(23-16(5-3-7-21(23)31-26)15-8-11-28-12-9-15)14-22-24(17-4-1-2-6-20(17)30-22)18-10-13-29-25(18)27(33)34/h3,5,7-9,11-12,14,18,25,29-30H,1-2,4,6,10,13H2,(H,31,32)(H,33,34)/t18?,25-/m0/s1. The van der Waals surface area contributed by atoms with Gasteiger partial charge in [0.25, 0.3) is 5.91 Å². The lowest BCUT2D eigenvalue weighted by molar-refractivity contribution is -0.139. The number of rotatable bonds is 4. The van der Waals surface area contributed by atoms with Gasteiger partial charge in [-0.05, 0) is 85.2 Å². The van der Waals surface area contributed by atoms with E-state index in [4.69, 9.17) is 0 Å². The van der Waals surface area contributed by atoms with Gasteiger partial charge < -0.3 is 20.7 Å². The van der Waals surface area contributed by atoms with Crippen molar-refractivity contribution in [1.82, 2.24) is 15.3 Å². The molecule has 2 atom stereocenters. The van der Waals surface area contributed by atoms with E-state index in [1.54, 1.807) is 12.4 Å². The number of pyridine rings is 1. The number of hydrogen-bond donors (Lipinski definition) is 4. The summed E-state index contributed by atoms with van der Waals surface area (Å²) in [5, 5.41) is 16.0. The molecule has 0 radical (unpaired) electrons. The van der Waals surface area contributed by atoms with Crippen LogP contribution in [0.5, 0.6) is 0 Å². The van der Waals surface area contributed by atoms with Gasteiger partial charge in [-0.2, -0.15) is 0 Å². The molecule has 2 aliphatic heterocycles. The molecule has 4 heterocycles. The van der Waals surface area contributed by atoms with E-state index in [-0.39, 0.29) is 11.8 Å². The largest absolute Gasteiger partial charge is 0.480 e. The fourth-order valence-corrected chi connectivity index (χ4v) is 5.85. The molecule has 1 amide bonds. The van der Waals surface area contributed by atoms with Crippen molar-refractivity contribution in [3.8, 4) is 11.1 Å². The van der Waals surface area contributed by atoms with Gasteiger partial charge in [0.1, 0.15) is 6.04 Å². The first-order valence-corrected chi connectivity index (χ1v) is 11.9. The highest BCUT2D eigenvalue weighted by Crippen LogP contribution is 2.43. The fourth-order valence-electron chi connectivity index (χ4n) is 5.85. The van der Waals surface area contributed by atoms with E-state index in [9.17, 15) is 14.7 Å². The van der Waals surface area contributed by atoms with Crippen LogP contribution < -0.4 is 10.6 Å². The number of carbonyl (C=O) groups excluding carboxylic acids is 1. The van der Waals surface area contributed by atoms with Crippen molar-refractivity contribution in [1.29, 1.82) is 0 Å². The van der Waals surface area contributed by atoms with Gasteiger partial charge in [0.05, 0.1) is 5.57 Å². The molecule has 34 heavy (non-hydrogen) atoms. The Balaban J connectivity index is 1.53. The van der Waals surface area contributed by atoms with Crippen molar-refractivity contribution < 1.29 is 14.7 Å². The Morgan fingerprint density at radius 1 is 1.12 bits per heavy atom. The molecule has 1 unspecified atom stereocenters. The predicted octanol–water partition coefficient (Wildman–Crippen LogP) is 3.98. The molecular formula is C27H26N4O3. The van der Waals surface area contributed by atoms with Crippen molar-refractivity contribution in [2.45, 2.75) is 44.1 Å². The summed E-state index contributed by atoms with van der Waals surface area (Å²) in [5.74, 6) is -1.09. The van der Waals surface area contributed by atoms with Crippen LogP contribution in [0, 0.1) is 0 Å². The number of aryl methyl sites for hydroxylation is 1. The second-order valence-electron chi connectivity index (χ2n) is 9.26. The van der Waals surface area contributed by atoms with Crippen LogP contribution in [0.25, 0.3) is 22.8 Å². The normalized spacial score (nSPS) is 22.5. The molecule has 1 fully saturated rings. The quantitative estimate of drug-likeness (QED) is 0.446. The molecule has 1 saturated heterocycles. The summed E-state index contributed by atoms with van der Waals surface area (Å²) >= 11 is 0. The number of aliphatic carboxylic acids is 1. The molecule has 172 valence electrons. The molecule has 0 spiro atoms. The number of anilines is 1. The zero-order valence-electron chi connectivity index (χ0n) is 18.7. The van der Waals surface area contributed by atoms with Gasteiger partial charge >= 0.3 is 5.97 Å². The highest BCUT2D eigenvalue weighted by atomic mass is 16.4. The van der Waals surface area contributed by atoms with Crippen LogP contribution in [0.1, 0.15) is 53.3 Å². The Kier molecular flexibility index (Phi) is 5.07. The molecule has 7 nitrogen and oxygen atoms in total.